The molecule has 0 aromatic heterocycles. The van der Waals surface area contributed by atoms with E-state index < -0.39 is 0 Å². The van der Waals surface area contributed by atoms with E-state index >= 15 is 0 Å². The van der Waals surface area contributed by atoms with Gasteiger partial charge in [-0.15, -0.1) is 0 Å². The molecular weight excluding hydrogens is 432 g/mol. The van der Waals surface area contributed by atoms with E-state index in [1.165, 1.54) is 19.3 Å². The third-order valence-electron chi connectivity index (χ3n) is 5.73. The van der Waals surface area contributed by atoms with Crippen LogP contribution in [0, 0.1) is 0 Å². The summed E-state index contributed by atoms with van der Waals surface area (Å²) in [6, 6.07) is 0. The molecule has 0 fully saturated rings. The van der Waals surface area contributed by atoms with Gasteiger partial charge in [0, 0.05) is 112 Å². The number of hydrogen-bond donors (Lipinski definition) is 7. The maximum absolute atomic E-state index is 11.3. The van der Waals surface area contributed by atoms with Crippen LogP contribution in [0.15, 0.2) is 0 Å². The maximum atomic E-state index is 11.3. The lowest BCUT2D eigenvalue weighted by Crippen LogP contribution is -2.44. The van der Waals surface area contributed by atoms with Crippen molar-refractivity contribution in [2.45, 2.75) is 26.2 Å². The molecule has 0 heterocycles. The Morgan fingerprint density at radius 1 is 0.529 bits per heavy atom. The summed E-state index contributed by atoms with van der Waals surface area (Å²) < 4.78 is 0. The highest BCUT2D eigenvalue weighted by Crippen LogP contribution is 2.02. The summed E-state index contributed by atoms with van der Waals surface area (Å²) in [5.74, 6) is 0.0188. The molecule has 0 saturated heterocycles. The minimum atomic E-state index is 0.0188. The number of nitrogens with one attached hydrogen (secondary N) is 3. The average molecular weight is 489 g/mol. The Labute approximate surface area is 208 Å². The smallest absolute Gasteiger partial charge is 0.216 e. The maximum Gasteiger partial charge on any atom is 0.216 e. The molecule has 0 radical (unpaired) electrons. The summed E-state index contributed by atoms with van der Waals surface area (Å²) in [5.41, 5.74) is 22.6. The van der Waals surface area contributed by atoms with Crippen LogP contribution < -0.4 is 38.9 Å². The molecule has 0 saturated carbocycles. The van der Waals surface area contributed by atoms with Gasteiger partial charge >= 0.3 is 0 Å². The number of carbonyl (C=O) groups excluding carboxylic acids is 1. The zero-order valence-electron chi connectivity index (χ0n) is 21.9. The first kappa shape index (κ1) is 33.1. The second-order valence-electron chi connectivity index (χ2n) is 8.72. The minimum absolute atomic E-state index is 0.0188. The first-order valence-electron chi connectivity index (χ1n) is 13.2. The summed E-state index contributed by atoms with van der Waals surface area (Å²) in [4.78, 5) is 18.6. The lowest BCUT2D eigenvalue weighted by Gasteiger charge is -2.28. The zero-order chi connectivity index (χ0) is 25.3. The Morgan fingerprint density at radius 3 is 1.41 bits per heavy atom. The van der Waals surface area contributed by atoms with Gasteiger partial charge in [0.15, 0.2) is 0 Å². The molecule has 1 amide bonds. The van der Waals surface area contributed by atoms with E-state index in [9.17, 15) is 4.79 Å². The molecule has 0 aromatic rings. The molecule has 0 bridgehead atoms. The van der Waals surface area contributed by atoms with Gasteiger partial charge in [-0.3, -0.25) is 9.69 Å². The van der Waals surface area contributed by atoms with Crippen LogP contribution in [0.1, 0.15) is 26.2 Å². The number of rotatable bonds is 26. The fourth-order valence-electron chi connectivity index (χ4n) is 3.82. The molecule has 0 aliphatic rings. The van der Waals surface area contributed by atoms with E-state index in [1.807, 2.05) is 0 Å². The Balaban J connectivity index is 4.53. The molecule has 0 aliphatic heterocycles. The molecule has 0 unspecified atom stereocenters. The quantitative estimate of drug-likeness (QED) is 0.0632. The fourth-order valence-corrected chi connectivity index (χ4v) is 3.82. The fraction of sp³-hybridized carbons (Fsp3) is 0.957. The lowest BCUT2D eigenvalue weighted by molar-refractivity contribution is -0.119. The van der Waals surface area contributed by atoms with Gasteiger partial charge in [-0.25, -0.2) is 0 Å². The van der Waals surface area contributed by atoms with Crippen molar-refractivity contribution >= 4 is 5.91 Å². The predicted octanol–water partition coefficient (Wildman–Crippen LogP) is -2.79. The van der Waals surface area contributed by atoms with E-state index in [-0.39, 0.29) is 5.91 Å². The number of amides is 1. The van der Waals surface area contributed by atoms with Crippen LogP contribution in [0.25, 0.3) is 0 Å². The lowest BCUT2D eigenvalue weighted by atomic mass is 10.2. The Kier molecular flexibility index (Phi) is 24.6. The number of hydrogen-bond acceptors (Lipinski definition) is 10. The molecule has 204 valence electrons. The minimum Gasteiger partial charge on any atom is -0.355 e. The highest BCUT2D eigenvalue weighted by molar-refractivity contribution is 5.72. The van der Waals surface area contributed by atoms with Crippen molar-refractivity contribution < 1.29 is 4.79 Å². The van der Waals surface area contributed by atoms with Gasteiger partial charge in [0.2, 0.25) is 5.91 Å². The van der Waals surface area contributed by atoms with Gasteiger partial charge in [-0.2, -0.15) is 0 Å². The summed E-state index contributed by atoms with van der Waals surface area (Å²) in [7, 11) is 0. The average Bonchev–Trinajstić information content (AvgIpc) is 2.81. The third kappa shape index (κ3) is 21.6. The molecule has 0 spiro atoms. The van der Waals surface area contributed by atoms with E-state index in [2.05, 4.69) is 30.7 Å². The molecule has 11 heteroatoms. The summed E-state index contributed by atoms with van der Waals surface area (Å²) >= 11 is 0. The number of nitrogens with two attached hydrogens (primary N) is 4. The standard InChI is InChI=1S/C23H56N10O/c1-23(34)30-13-20-33(19-12-29-10-6-25)22-21-32(18-11-28-9-5-24)15-4-2-3-14-31(16-7-26)17-8-27/h28-29H,2-22,24-27H2,1H3,(H,30,34). The number of unbranched alkanes of at least 4 members (excludes halogenated alkanes) is 2. The molecule has 0 aromatic carbocycles. The molecule has 11 nitrogen and oxygen atoms in total. The van der Waals surface area contributed by atoms with Gasteiger partial charge in [-0.05, 0) is 25.9 Å². The van der Waals surface area contributed by atoms with Crippen molar-refractivity contribution in [3.05, 3.63) is 0 Å². The van der Waals surface area contributed by atoms with Crippen molar-refractivity contribution in [3.8, 4) is 0 Å². The Morgan fingerprint density at radius 2 is 0.971 bits per heavy atom. The van der Waals surface area contributed by atoms with Gasteiger partial charge in [0.25, 0.3) is 0 Å². The van der Waals surface area contributed by atoms with E-state index in [0.29, 0.717) is 32.7 Å². The van der Waals surface area contributed by atoms with E-state index in [0.717, 1.165) is 85.1 Å². The zero-order valence-corrected chi connectivity index (χ0v) is 21.9. The topological polar surface area (TPSA) is 167 Å². The first-order chi connectivity index (χ1) is 16.6. The summed E-state index contributed by atoms with van der Waals surface area (Å²) in [5, 5.41) is 9.69. The molecule has 0 rings (SSSR count). The van der Waals surface area contributed by atoms with Gasteiger partial charge in [0.1, 0.15) is 0 Å². The van der Waals surface area contributed by atoms with Crippen LogP contribution in [0.2, 0.25) is 0 Å². The number of carbonyl (C=O) groups is 1. The van der Waals surface area contributed by atoms with Crippen molar-refractivity contribution in [2.24, 2.45) is 22.9 Å². The Bertz CT molecular complexity index is 438. The molecule has 0 aliphatic carbocycles. The Hall–Kier alpha value is -0.890. The van der Waals surface area contributed by atoms with Crippen LogP contribution in [0.4, 0.5) is 0 Å². The molecule has 0 atom stereocenters. The summed E-state index contributed by atoms with van der Waals surface area (Å²) in [6.07, 6.45) is 3.56. The van der Waals surface area contributed by atoms with E-state index in [4.69, 9.17) is 22.9 Å². The van der Waals surface area contributed by atoms with Gasteiger partial charge in [0.05, 0.1) is 0 Å². The van der Waals surface area contributed by atoms with Crippen LogP contribution >= 0.6 is 0 Å². The van der Waals surface area contributed by atoms with Crippen molar-refractivity contribution in [3.63, 3.8) is 0 Å². The first-order valence-corrected chi connectivity index (χ1v) is 13.2. The predicted molar refractivity (Wildman–Crippen MR) is 144 cm³/mol. The number of nitrogens with zero attached hydrogens (tertiary/aromatic N) is 3. The molecule has 34 heavy (non-hydrogen) atoms. The van der Waals surface area contributed by atoms with Crippen LogP contribution in [0.3, 0.4) is 0 Å². The second-order valence-corrected chi connectivity index (χ2v) is 8.72. The third-order valence-corrected chi connectivity index (χ3v) is 5.73. The van der Waals surface area contributed by atoms with Crippen molar-refractivity contribution in [1.29, 1.82) is 0 Å². The summed E-state index contributed by atoms with van der Waals surface area (Å²) in [6.45, 7) is 17.2. The van der Waals surface area contributed by atoms with Crippen LogP contribution in [0.5, 0.6) is 0 Å². The van der Waals surface area contributed by atoms with E-state index in [1.54, 1.807) is 6.92 Å². The van der Waals surface area contributed by atoms with Crippen molar-refractivity contribution in [2.75, 3.05) is 118 Å². The normalized spacial score (nSPS) is 11.8. The molecular formula is C23H56N10O. The van der Waals surface area contributed by atoms with Crippen molar-refractivity contribution in [1.82, 2.24) is 30.7 Å². The second kappa shape index (κ2) is 25.2. The van der Waals surface area contributed by atoms with Crippen LogP contribution in [-0.4, -0.2) is 138 Å². The SMILES string of the molecule is CC(=O)NCCN(CCNCCN)CCN(CCCCCN(CCN)CCN)CCNCCN. The highest BCUT2D eigenvalue weighted by Gasteiger charge is 2.10. The van der Waals surface area contributed by atoms with Gasteiger partial charge < -0.3 is 48.7 Å². The largest absolute Gasteiger partial charge is 0.355 e. The van der Waals surface area contributed by atoms with Crippen LogP contribution in [-0.2, 0) is 4.79 Å². The molecule has 11 N–H and O–H groups in total. The monoisotopic (exact) mass is 488 g/mol. The van der Waals surface area contributed by atoms with Gasteiger partial charge in [-0.1, -0.05) is 6.42 Å². The highest BCUT2D eigenvalue weighted by atomic mass is 16.1.